The van der Waals surface area contributed by atoms with Gasteiger partial charge in [0.05, 0.1) is 56.0 Å². The van der Waals surface area contributed by atoms with Crippen LogP contribution in [0.5, 0.6) is 0 Å². The van der Waals surface area contributed by atoms with Crippen LogP contribution >= 0.6 is 22.6 Å². The van der Waals surface area contributed by atoms with Crippen LogP contribution in [0.4, 0.5) is 0 Å². The number of halogens is 1. The van der Waals surface area contributed by atoms with Gasteiger partial charge in [-0.15, -0.1) is 0 Å². The molecule has 2 saturated carbocycles. The van der Waals surface area contributed by atoms with Crippen LogP contribution in [0.3, 0.4) is 0 Å². The number of carbonyl (C=O) groups excluding carboxylic acids is 1. The summed E-state index contributed by atoms with van der Waals surface area (Å²) in [6, 6.07) is 8.77. The Labute approximate surface area is 555 Å². The van der Waals surface area contributed by atoms with Crippen molar-refractivity contribution in [3.8, 4) is 33.4 Å². The zero-order chi connectivity index (χ0) is 51.1. The van der Waals surface area contributed by atoms with Crippen molar-refractivity contribution in [3.63, 3.8) is 0 Å². The number of imidazole rings is 2. The SMILES string of the molecule is CC.Cc1n[nH]c(C)c1-c1cc(-c2c(C)noc2C)cc2nc(C3CC3)n(C)c12.Cc1n[nH]c(C)c1B1OC(C)(C)C(C)(C)O1.Cc1noc(C)c1-c1cc(I)c2c(c1)nc(C1CC1)n2C.O=CO[O-].[Cs+].[Cs+].[H-]. The third kappa shape index (κ3) is 12.7. The van der Waals surface area contributed by atoms with E-state index in [0.717, 1.165) is 95.6 Å². The van der Waals surface area contributed by atoms with Gasteiger partial charge in [-0.3, -0.25) is 15.0 Å². The number of carbonyl (C=O) groups is 1. The minimum absolute atomic E-state index is 0. The molecule has 0 spiro atoms. The molecule has 17 nitrogen and oxygen atoms in total. The zero-order valence-corrected chi connectivity index (χ0v) is 60.0. The van der Waals surface area contributed by atoms with Crippen LogP contribution in [0.1, 0.15) is 138 Å². The van der Waals surface area contributed by atoms with Crippen molar-refractivity contribution in [2.45, 2.75) is 146 Å². The Hall–Kier alpha value is -1.53. The van der Waals surface area contributed by atoms with E-state index in [0.29, 0.717) is 11.8 Å². The quantitative estimate of drug-likeness (QED) is 0.0762. The van der Waals surface area contributed by atoms with E-state index in [1.165, 1.54) is 51.9 Å². The molecule has 1 aliphatic heterocycles. The van der Waals surface area contributed by atoms with E-state index >= 15 is 0 Å². The molecule has 0 unspecified atom stereocenters. The van der Waals surface area contributed by atoms with E-state index in [2.05, 4.69) is 140 Å². The predicted octanol–water partition coefficient (Wildman–Crippen LogP) is 3.96. The number of hydrogen-bond donors (Lipinski definition) is 2. The Morgan fingerprint density at radius 1 is 0.694 bits per heavy atom. The van der Waals surface area contributed by atoms with E-state index in [1.54, 1.807) is 0 Å². The summed E-state index contributed by atoms with van der Waals surface area (Å²) in [7, 11) is 3.94. The zero-order valence-electron chi connectivity index (χ0n) is 46.3. The fourth-order valence-electron chi connectivity index (χ4n) is 9.18. The molecule has 374 valence electrons. The first-order valence-corrected chi connectivity index (χ1v) is 24.9. The second-order valence-electron chi connectivity index (χ2n) is 19.2. The van der Waals surface area contributed by atoms with Gasteiger partial charge in [0.15, 0.2) is 0 Å². The second-order valence-corrected chi connectivity index (χ2v) is 20.3. The molecule has 3 fully saturated rings. The summed E-state index contributed by atoms with van der Waals surface area (Å²) in [6.45, 7) is 28.0. The maximum absolute atomic E-state index is 8.64. The summed E-state index contributed by atoms with van der Waals surface area (Å²) < 4.78 is 28.4. The normalized spacial score (nSPS) is 15.2. The number of rotatable bonds is 7. The smallest absolute Gasteiger partial charge is 1.00 e. The van der Waals surface area contributed by atoms with Crippen LogP contribution in [0, 0.1) is 59.0 Å². The Morgan fingerprint density at radius 3 is 1.51 bits per heavy atom. The molecule has 0 atom stereocenters. The summed E-state index contributed by atoms with van der Waals surface area (Å²) >= 11 is 2.40. The molecule has 2 aromatic carbocycles. The molecule has 72 heavy (non-hydrogen) atoms. The van der Waals surface area contributed by atoms with Crippen LogP contribution in [-0.4, -0.2) is 74.6 Å². The largest absolute Gasteiger partial charge is 1.00 e. The monoisotopic (exact) mass is 1330 g/mol. The van der Waals surface area contributed by atoms with Crippen LogP contribution in [0.15, 0.2) is 33.3 Å². The van der Waals surface area contributed by atoms with Crippen LogP contribution in [0.25, 0.3) is 55.4 Å². The van der Waals surface area contributed by atoms with E-state index < -0.39 is 0 Å². The van der Waals surface area contributed by atoms with E-state index in [-0.39, 0.29) is 164 Å². The first kappa shape index (κ1) is 61.3. The first-order chi connectivity index (χ1) is 33.2. The molecule has 2 aliphatic carbocycles. The van der Waals surface area contributed by atoms with Gasteiger partial charge in [-0.25, -0.2) is 9.97 Å². The van der Waals surface area contributed by atoms with Gasteiger partial charge in [-0.05, 0) is 167 Å². The maximum atomic E-state index is 8.64. The molecular formula is C51H66BCs2IN10O7. The van der Waals surface area contributed by atoms with Crippen molar-refractivity contribution in [1.82, 2.24) is 49.8 Å². The van der Waals surface area contributed by atoms with Crippen molar-refractivity contribution in [3.05, 3.63) is 85.2 Å². The molecule has 0 amide bonds. The van der Waals surface area contributed by atoms with Gasteiger partial charge >= 0.3 is 145 Å². The van der Waals surface area contributed by atoms with E-state index in [9.17, 15) is 0 Å². The number of nitrogens with one attached hydrogen (secondary N) is 2. The number of aryl methyl sites for hydroxylation is 10. The van der Waals surface area contributed by atoms with Crippen molar-refractivity contribution < 1.29 is 173 Å². The second kappa shape index (κ2) is 25.3. The minimum Gasteiger partial charge on any atom is -1.00 e. The van der Waals surface area contributed by atoms with Gasteiger partial charge in [0.2, 0.25) is 0 Å². The molecule has 6 aromatic heterocycles. The average Bonchev–Trinajstić information content (AvgIpc) is 4.10. The number of hydrogen-bond acceptors (Lipinski definition) is 13. The maximum Gasteiger partial charge on any atom is 1.00 e. The van der Waals surface area contributed by atoms with Gasteiger partial charge in [-0.2, -0.15) is 10.2 Å². The van der Waals surface area contributed by atoms with Crippen molar-refractivity contribution in [2.75, 3.05) is 0 Å². The predicted molar refractivity (Wildman–Crippen MR) is 278 cm³/mol. The summed E-state index contributed by atoms with van der Waals surface area (Å²) in [5.41, 5.74) is 17.5. The molecule has 21 heteroatoms. The minimum atomic E-state index is -0.316. The Morgan fingerprint density at radius 2 is 1.12 bits per heavy atom. The van der Waals surface area contributed by atoms with Crippen molar-refractivity contribution in [1.29, 1.82) is 0 Å². The van der Waals surface area contributed by atoms with Crippen LogP contribution < -0.4 is 149 Å². The number of nitrogens with zero attached hydrogens (tertiary/aromatic N) is 8. The van der Waals surface area contributed by atoms with Crippen LogP contribution in [0.2, 0.25) is 0 Å². The van der Waals surface area contributed by atoms with Gasteiger partial charge in [0.25, 0.3) is 6.47 Å². The van der Waals surface area contributed by atoms with Crippen molar-refractivity contribution in [2.24, 2.45) is 14.1 Å². The van der Waals surface area contributed by atoms with Gasteiger partial charge in [0, 0.05) is 68.6 Å². The molecule has 8 aromatic rings. The van der Waals surface area contributed by atoms with Crippen LogP contribution in [-0.2, 0) is 33.1 Å². The number of fused-ring (bicyclic) bond motifs is 2. The molecule has 0 radical (unpaired) electrons. The number of benzene rings is 2. The number of aromatic amines is 2. The fourth-order valence-corrected chi connectivity index (χ4v) is 10.2. The third-order valence-corrected chi connectivity index (χ3v) is 14.4. The first-order valence-electron chi connectivity index (χ1n) is 23.8. The summed E-state index contributed by atoms with van der Waals surface area (Å²) in [5.74, 6) is 5.34. The number of aromatic nitrogens is 10. The number of H-pyrrole nitrogens is 2. The molecule has 0 bridgehead atoms. The van der Waals surface area contributed by atoms with E-state index in [1.807, 2.05) is 62.3 Å². The Balaban J connectivity index is 0.000000227. The standard InChI is InChI=1S/C21H23N5O.C16H16IN3O.C11H19BN2O2.C2H6.CH2O3.2Cs.H/c1-10-18(11(2)24-23-10)16-8-15(19-12(3)25-27-13(19)4)9-17-20(16)26(5)21(22-17)14-6-7-14;1-8-14(9(2)21-19-8)11-6-12(17)15-13(7-11)18-16(20(15)3)10-4-5-10;1-7-9(8(2)14-13-7)12-15-10(3,4)11(5,6)16-12;1-2;2-1-4-3;;;/h8-9,14H,6-7H2,1-5H3,(H,23,24);6-7,10H,4-5H2,1-3H3;1-6H3,(H,13,14);1-2H3;1,3H;;;/q;;;;;2*+1;-1/p-1. The van der Waals surface area contributed by atoms with Gasteiger partial charge in [-0.1, -0.05) is 24.2 Å². The summed E-state index contributed by atoms with van der Waals surface area (Å²) in [5, 5.41) is 31.3. The molecule has 3 aliphatic rings. The Bertz CT molecular complexity index is 3090. The van der Waals surface area contributed by atoms with Gasteiger partial charge < -0.3 is 39.1 Å². The summed E-state index contributed by atoms with van der Waals surface area (Å²) in [6.07, 6.45) is 4.99. The third-order valence-electron chi connectivity index (χ3n) is 13.6. The molecule has 2 N–H and O–H groups in total. The van der Waals surface area contributed by atoms with Gasteiger partial charge in [0.1, 0.15) is 23.2 Å². The topological polar surface area (TPSA) is 213 Å². The van der Waals surface area contributed by atoms with E-state index in [4.69, 9.17) is 38.4 Å². The average molecular weight is 1330 g/mol. The molecule has 7 heterocycles. The fraction of sp³-hybridized carbons (Fsp3) is 0.471. The molecule has 1 saturated heterocycles. The molecular weight excluding hydrogens is 1270 g/mol. The molecule has 11 rings (SSSR count). The summed E-state index contributed by atoms with van der Waals surface area (Å²) in [4.78, 5) is 21.1. The van der Waals surface area contributed by atoms with Crippen molar-refractivity contribution >= 4 is 63.7 Å². The Kier molecular flexibility index (Phi) is 21.5.